The number of hydrogen-bond acceptors (Lipinski definition) is 3. The maximum Gasteiger partial charge on any atom is 0.410 e. The monoisotopic (exact) mass is 278 g/mol. The number of carbonyl (C=O) groups excluding carboxylic acids is 2. The fraction of sp³-hybridized carbons (Fsp3) is 0.867. The number of nitrogens with one attached hydrogen (secondary N) is 1. The van der Waals surface area contributed by atoms with Gasteiger partial charge in [-0.1, -0.05) is 0 Å². The van der Waals surface area contributed by atoms with Gasteiger partial charge in [-0.2, -0.15) is 0 Å². The van der Waals surface area contributed by atoms with Gasteiger partial charge in [0.15, 0.2) is 0 Å². The molecule has 4 rings (SSSR count). The molecule has 5 atom stereocenters. The molecule has 5 unspecified atom stereocenters. The van der Waals surface area contributed by atoms with Crippen molar-refractivity contribution >= 4 is 12.0 Å². The third-order valence-corrected chi connectivity index (χ3v) is 5.63. The highest BCUT2D eigenvalue weighted by Gasteiger charge is 2.71. The van der Waals surface area contributed by atoms with Gasteiger partial charge in [-0.05, 0) is 51.4 Å². The number of carbonyl (C=O) groups is 2. The van der Waals surface area contributed by atoms with Crippen molar-refractivity contribution in [2.24, 2.45) is 17.8 Å². The SMILES string of the molecule is CC(C)(C)OC(=O)N1CC2CC3CC2C1C31CC(=O)N1. The van der Waals surface area contributed by atoms with Crippen molar-refractivity contribution in [3.8, 4) is 0 Å². The molecule has 0 radical (unpaired) electrons. The summed E-state index contributed by atoms with van der Waals surface area (Å²) in [6.07, 6.45) is 2.69. The Bertz CT molecular complexity index is 486. The Labute approximate surface area is 119 Å². The van der Waals surface area contributed by atoms with Crippen molar-refractivity contribution in [2.45, 2.75) is 57.2 Å². The second kappa shape index (κ2) is 3.49. The normalized spacial score (nSPS) is 44.8. The number of rotatable bonds is 0. The highest BCUT2D eigenvalue weighted by molar-refractivity contribution is 5.86. The Balaban J connectivity index is 1.61. The molecule has 2 aliphatic heterocycles. The standard InChI is InChI=1S/C15H22N2O3/c1-14(2,3)20-13(19)17-7-8-4-9-5-10(8)12(17)15(9)6-11(18)16-15/h8-10,12H,4-7H2,1-3H3,(H,16,18). The number of ether oxygens (including phenoxy) is 1. The average Bonchev–Trinajstić information content (AvgIpc) is 2.83. The number of fused-ring (bicyclic) bond motifs is 3. The number of amides is 2. The molecule has 4 aliphatic rings. The zero-order valence-corrected chi connectivity index (χ0v) is 12.3. The van der Waals surface area contributed by atoms with Gasteiger partial charge in [-0.25, -0.2) is 4.79 Å². The summed E-state index contributed by atoms with van der Waals surface area (Å²) in [6.45, 7) is 6.49. The Morgan fingerprint density at radius 1 is 1.40 bits per heavy atom. The van der Waals surface area contributed by atoms with Gasteiger partial charge < -0.3 is 15.0 Å². The van der Waals surface area contributed by atoms with E-state index in [2.05, 4.69) is 5.32 Å². The number of β-lactam (4-membered cyclic amide) rings is 1. The maximum absolute atomic E-state index is 12.5. The van der Waals surface area contributed by atoms with Crippen LogP contribution in [0.1, 0.15) is 40.0 Å². The molecule has 0 aromatic heterocycles. The van der Waals surface area contributed by atoms with Crippen molar-refractivity contribution in [1.29, 1.82) is 0 Å². The lowest BCUT2D eigenvalue weighted by molar-refractivity contribution is -0.137. The van der Waals surface area contributed by atoms with Crippen LogP contribution in [-0.4, -0.2) is 40.6 Å². The van der Waals surface area contributed by atoms with E-state index < -0.39 is 5.60 Å². The molecule has 5 heteroatoms. The van der Waals surface area contributed by atoms with Crippen LogP contribution in [0, 0.1) is 17.8 Å². The van der Waals surface area contributed by atoms with Gasteiger partial charge in [0.2, 0.25) is 5.91 Å². The van der Waals surface area contributed by atoms with Crippen molar-refractivity contribution < 1.29 is 14.3 Å². The number of nitrogens with zero attached hydrogens (tertiary/aromatic N) is 1. The summed E-state index contributed by atoms with van der Waals surface area (Å²) >= 11 is 0. The van der Waals surface area contributed by atoms with Crippen LogP contribution in [-0.2, 0) is 9.53 Å². The molecule has 2 saturated heterocycles. The van der Waals surface area contributed by atoms with Crippen LogP contribution in [0.2, 0.25) is 0 Å². The van der Waals surface area contributed by atoms with Gasteiger partial charge in [-0.15, -0.1) is 0 Å². The first-order valence-corrected chi connectivity index (χ1v) is 7.61. The van der Waals surface area contributed by atoms with Gasteiger partial charge >= 0.3 is 6.09 Å². The summed E-state index contributed by atoms with van der Waals surface area (Å²) in [4.78, 5) is 25.8. The van der Waals surface area contributed by atoms with E-state index in [-0.39, 0.29) is 23.6 Å². The quantitative estimate of drug-likeness (QED) is 0.683. The molecule has 20 heavy (non-hydrogen) atoms. The first-order chi connectivity index (χ1) is 9.30. The van der Waals surface area contributed by atoms with E-state index in [0.717, 1.165) is 19.4 Å². The number of likely N-dealkylation sites (tertiary alicyclic amines) is 1. The third-order valence-electron chi connectivity index (χ3n) is 5.63. The minimum Gasteiger partial charge on any atom is -0.444 e. The van der Waals surface area contributed by atoms with Crippen LogP contribution >= 0.6 is 0 Å². The van der Waals surface area contributed by atoms with Crippen LogP contribution < -0.4 is 5.32 Å². The van der Waals surface area contributed by atoms with Gasteiger partial charge in [0.25, 0.3) is 0 Å². The fourth-order valence-corrected chi connectivity index (χ4v) is 5.11. The largest absolute Gasteiger partial charge is 0.444 e. The summed E-state index contributed by atoms with van der Waals surface area (Å²) in [5.74, 6) is 1.87. The van der Waals surface area contributed by atoms with Crippen LogP contribution in [0.15, 0.2) is 0 Å². The second-order valence-corrected chi connectivity index (χ2v) is 7.94. The van der Waals surface area contributed by atoms with Crippen molar-refractivity contribution in [1.82, 2.24) is 10.2 Å². The molecule has 2 heterocycles. The second-order valence-electron chi connectivity index (χ2n) is 7.94. The minimum atomic E-state index is -0.466. The van der Waals surface area contributed by atoms with Gasteiger partial charge in [0, 0.05) is 6.54 Å². The third kappa shape index (κ3) is 1.44. The molecule has 4 fully saturated rings. The zero-order valence-electron chi connectivity index (χ0n) is 12.3. The van der Waals surface area contributed by atoms with Crippen molar-refractivity contribution in [3.05, 3.63) is 0 Å². The summed E-state index contributed by atoms with van der Waals surface area (Å²) in [5.41, 5.74) is -0.599. The molecule has 2 bridgehead atoms. The molecular weight excluding hydrogens is 256 g/mol. The molecular formula is C15H22N2O3. The highest BCUT2D eigenvalue weighted by Crippen LogP contribution is 2.62. The lowest BCUT2D eigenvalue weighted by Crippen LogP contribution is -2.72. The molecule has 5 nitrogen and oxygen atoms in total. The predicted molar refractivity (Wildman–Crippen MR) is 71.9 cm³/mol. The van der Waals surface area contributed by atoms with E-state index in [1.807, 2.05) is 25.7 Å². The van der Waals surface area contributed by atoms with E-state index >= 15 is 0 Å². The average molecular weight is 278 g/mol. The topological polar surface area (TPSA) is 58.6 Å². The van der Waals surface area contributed by atoms with Crippen LogP contribution in [0.5, 0.6) is 0 Å². The number of hydrogen-bond donors (Lipinski definition) is 1. The first-order valence-electron chi connectivity index (χ1n) is 7.61. The van der Waals surface area contributed by atoms with Gasteiger partial charge in [-0.3, -0.25) is 4.79 Å². The lowest BCUT2D eigenvalue weighted by atomic mass is 9.69. The molecule has 0 aromatic carbocycles. The molecule has 1 N–H and O–H groups in total. The molecule has 2 aliphatic carbocycles. The molecule has 1 spiro atoms. The van der Waals surface area contributed by atoms with Crippen LogP contribution in [0.4, 0.5) is 4.79 Å². The maximum atomic E-state index is 12.5. The minimum absolute atomic E-state index is 0.130. The van der Waals surface area contributed by atoms with Crippen LogP contribution in [0.25, 0.3) is 0 Å². The van der Waals surface area contributed by atoms with E-state index in [4.69, 9.17) is 4.74 Å². The van der Waals surface area contributed by atoms with Gasteiger partial charge in [0.1, 0.15) is 5.60 Å². The lowest BCUT2D eigenvalue weighted by Gasteiger charge is -2.50. The summed E-state index contributed by atoms with van der Waals surface area (Å²) < 4.78 is 5.56. The van der Waals surface area contributed by atoms with Gasteiger partial charge in [0.05, 0.1) is 18.0 Å². The van der Waals surface area contributed by atoms with E-state index in [1.165, 1.54) is 0 Å². The predicted octanol–water partition coefficient (Wildman–Crippen LogP) is 1.52. The Morgan fingerprint density at radius 2 is 2.10 bits per heavy atom. The van der Waals surface area contributed by atoms with Crippen LogP contribution in [0.3, 0.4) is 0 Å². The first kappa shape index (κ1) is 12.5. The Hall–Kier alpha value is -1.26. The fourth-order valence-electron chi connectivity index (χ4n) is 5.11. The Kier molecular flexibility index (Phi) is 2.18. The molecule has 2 amide bonds. The highest BCUT2D eigenvalue weighted by atomic mass is 16.6. The molecule has 110 valence electrons. The zero-order chi connectivity index (χ0) is 14.3. The van der Waals surface area contributed by atoms with E-state index in [9.17, 15) is 9.59 Å². The van der Waals surface area contributed by atoms with Crippen molar-refractivity contribution in [2.75, 3.05) is 6.54 Å². The molecule has 2 saturated carbocycles. The molecule has 0 aromatic rings. The van der Waals surface area contributed by atoms with E-state index in [1.54, 1.807) is 0 Å². The summed E-state index contributed by atoms with van der Waals surface area (Å²) in [5, 5.41) is 3.14. The Morgan fingerprint density at radius 3 is 2.70 bits per heavy atom. The smallest absolute Gasteiger partial charge is 0.410 e. The van der Waals surface area contributed by atoms with E-state index in [0.29, 0.717) is 24.2 Å². The van der Waals surface area contributed by atoms with Crippen molar-refractivity contribution in [3.63, 3.8) is 0 Å². The summed E-state index contributed by atoms with van der Waals surface area (Å²) in [7, 11) is 0. The summed E-state index contributed by atoms with van der Waals surface area (Å²) in [6, 6.07) is 0.166.